The predicted octanol–water partition coefficient (Wildman–Crippen LogP) is 3.31. The highest BCUT2D eigenvalue weighted by Gasteiger charge is 2.22. The maximum absolute atomic E-state index is 12.6. The summed E-state index contributed by atoms with van der Waals surface area (Å²) in [6.07, 6.45) is 2.40. The Morgan fingerprint density at radius 3 is 2.76 bits per heavy atom. The lowest BCUT2D eigenvalue weighted by Gasteiger charge is -2.29. The zero-order valence-electron chi connectivity index (χ0n) is 15.3. The summed E-state index contributed by atoms with van der Waals surface area (Å²) in [5.41, 5.74) is 4.70. The normalized spacial score (nSPS) is 15.1. The first-order valence-electron chi connectivity index (χ1n) is 9.10. The first kappa shape index (κ1) is 17.7. The van der Waals surface area contributed by atoms with Crippen molar-refractivity contribution in [3.8, 4) is 0 Å². The van der Waals surface area contributed by atoms with E-state index < -0.39 is 0 Å². The van der Waals surface area contributed by atoms with E-state index in [1.807, 2.05) is 24.8 Å². The number of hydrogen-bond donors (Lipinski definition) is 1. The fourth-order valence-electron chi connectivity index (χ4n) is 3.66. The molecule has 1 aromatic carbocycles. The molecule has 0 saturated carbocycles. The number of nitrogens with zero attached hydrogens (tertiary/aromatic N) is 2. The first-order valence-corrected chi connectivity index (χ1v) is 9.10. The Morgan fingerprint density at radius 2 is 2.08 bits per heavy atom. The van der Waals surface area contributed by atoms with Gasteiger partial charge in [0.2, 0.25) is 5.91 Å². The van der Waals surface area contributed by atoms with Gasteiger partial charge in [0.1, 0.15) is 5.76 Å². The zero-order chi connectivity index (χ0) is 17.8. The van der Waals surface area contributed by atoms with Crippen LogP contribution in [0.5, 0.6) is 0 Å². The lowest BCUT2D eigenvalue weighted by Crippen LogP contribution is -2.37. The van der Waals surface area contributed by atoms with Gasteiger partial charge in [-0.3, -0.25) is 4.79 Å². The molecule has 1 N–H and O–H groups in total. The van der Waals surface area contributed by atoms with E-state index >= 15 is 0 Å². The Hall–Kier alpha value is -2.14. The fourth-order valence-corrected chi connectivity index (χ4v) is 3.66. The standard InChI is InChI=1S/C20H27N3O2/c1-4-18(20-14(2)22-25-15(20)3)21-11-9-19(24)23-12-10-16-7-5-6-8-17(16)13-23/h5-8,18,21H,4,9-13H2,1-3H3. The molecule has 5 nitrogen and oxygen atoms in total. The molecule has 0 aliphatic carbocycles. The van der Waals surface area contributed by atoms with Crippen LogP contribution in [0.2, 0.25) is 0 Å². The summed E-state index contributed by atoms with van der Waals surface area (Å²) in [6.45, 7) is 8.25. The number of amides is 1. The summed E-state index contributed by atoms with van der Waals surface area (Å²) in [6, 6.07) is 8.58. The molecule has 0 spiro atoms. The number of benzene rings is 1. The van der Waals surface area contributed by atoms with Crippen molar-refractivity contribution in [3.63, 3.8) is 0 Å². The van der Waals surface area contributed by atoms with Gasteiger partial charge in [-0.25, -0.2) is 0 Å². The molecule has 1 unspecified atom stereocenters. The van der Waals surface area contributed by atoms with Crippen molar-refractivity contribution in [2.24, 2.45) is 0 Å². The van der Waals surface area contributed by atoms with E-state index in [1.54, 1.807) is 0 Å². The molecule has 1 aromatic heterocycles. The maximum atomic E-state index is 12.6. The lowest BCUT2D eigenvalue weighted by atomic mass is 9.99. The van der Waals surface area contributed by atoms with E-state index in [9.17, 15) is 4.79 Å². The summed E-state index contributed by atoms with van der Waals surface area (Å²) >= 11 is 0. The van der Waals surface area contributed by atoms with E-state index in [4.69, 9.17) is 4.52 Å². The summed E-state index contributed by atoms with van der Waals surface area (Å²) in [5.74, 6) is 1.08. The van der Waals surface area contributed by atoms with Crippen LogP contribution in [0.25, 0.3) is 0 Å². The topological polar surface area (TPSA) is 58.4 Å². The third-order valence-corrected chi connectivity index (χ3v) is 5.06. The second-order valence-electron chi connectivity index (χ2n) is 6.74. The number of rotatable bonds is 6. The number of aromatic nitrogens is 1. The average Bonchev–Trinajstić information content (AvgIpc) is 2.97. The maximum Gasteiger partial charge on any atom is 0.224 e. The largest absolute Gasteiger partial charge is 0.361 e. The van der Waals surface area contributed by atoms with Crippen LogP contribution < -0.4 is 5.32 Å². The third kappa shape index (κ3) is 3.93. The van der Waals surface area contributed by atoms with Gasteiger partial charge in [-0.1, -0.05) is 36.3 Å². The molecular weight excluding hydrogens is 314 g/mol. The van der Waals surface area contributed by atoms with Gasteiger partial charge in [-0.2, -0.15) is 0 Å². The molecule has 1 atom stereocenters. The smallest absolute Gasteiger partial charge is 0.224 e. The van der Waals surface area contributed by atoms with Crippen LogP contribution in [-0.4, -0.2) is 29.1 Å². The van der Waals surface area contributed by atoms with Crippen molar-refractivity contribution in [2.75, 3.05) is 13.1 Å². The highest BCUT2D eigenvalue weighted by atomic mass is 16.5. The van der Waals surface area contributed by atoms with Crippen LogP contribution in [0, 0.1) is 13.8 Å². The Kier molecular flexibility index (Phi) is 5.53. The quantitative estimate of drug-likeness (QED) is 0.876. The Labute approximate surface area is 149 Å². The van der Waals surface area contributed by atoms with E-state index in [-0.39, 0.29) is 11.9 Å². The van der Waals surface area contributed by atoms with Gasteiger partial charge in [0.25, 0.3) is 0 Å². The minimum Gasteiger partial charge on any atom is -0.361 e. The molecule has 0 fully saturated rings. The van der Waals surface area contributed by atoms with Crippen LogP contribution in [0.4, 0.5) is 0 Å². The van der Waals surface area contributed by atoms with Gasteiger partial charge in [-0.05, 0) is 37.8 Å². The van der Waals surface area contributed by atoms with Crippen molar-refractivity contribution >= 4 is 5.91 Å². The summed E-state index contributed by atoms with van der Waals surface area (Å²) in [4.78, 5) is 14.5. The minimum absolute atomic E-state index is 0.182. The molecule has 1 aliphatic rings. The van der Waals surface area contributed by atoms with Gasteiger partial charge >= 0.3 is 0 Å². The number of fused-ring (bicyclic) bond motifs is 1. The van der Waals surface area contributed by atoms with Gasteiger partial charge in [0.15, 0.2) is 0 Å². The summed E-state index contributed by atoms with van der Waals surface area (Å²) < 4.78 is 5.27. The predicted molar refractivity (Wildman–Crippen MR) is 97.2 cm³/mol. The summed E-state index contributed by atoms with van der Waals surface area (Å²) in [7, 11) is 0. The second kappa shape index (κ2) is 7.83. The Morgan fingerprint density at radius 1 is 1.32 bits per heavy atom. The highest BCUT2D eigenvalue weighted by Crippen LogP contribution is 2.24. The van der Waals surface area contributed by atoms with Crippen molar-refractivity contribution in [1.29, 1.82) is 0 Å². The molecule has 5 heteroatoms. The van der Waals surface area contributed by atoms with E-state index in [0.717, 1.165) is 42.9 Å². The van der Waals surface area contributed by atoms with Gasteiger partial charge in [0.05, 0.1) is 5.69 Å². The minimum atomic E-state index is 0.182. The molecule has 3 rings (SSSR count). The molecule has 0 bridgehead atoms. The number of carbonyl (C=O) groups is 1. The lowest BCUT2D eigenvalue weighted by molar-refractivity contribution is -0.132. The van der Waals surface area contributed by atoms with Crippen molar-refractivity contribution < 1.29 is 9.32 Å². The van der Waals surface area contributed by atoms with Crippen molar-refractivity contribution in [1.82, 2.24) is 15.4 Å². The van der Waals surface area contributed by atoms with Gasteiger partial charge < -0.3 is 14.7 Å². The third-order valence-electron chi connectivity index (χ3n) is 5.06. The monoisotopic (exact) mass is 341 g/mol. The Bertz CT molecular complexity index is 719. The average molecular weight is 341 g/mol. The van der Waals surface area contributed by atoms with E-state index in [1.165, 1.54) is 11.1 Å². The van der Waals surface area contributed by atoms with Crippen LogP contribution in [0.3, 0.4) is 0 Å². The zero-order valence-corrected chi connectivity index (χ0v) is 15.3. The number of nitrogens with one attached hydrogen (secondary N) is 1. The molecule has 25 heavy (non-hydrogen) atoms. The molecule has 0 saturated heterocycles. The molecule has 134 valence electrons. The van der Waals surface area contributed by atoms with Crippen LogP contribution >= 0.6 is 0 Å². The van der Waals surface area contributed by atoms with E-state index in [2.05, 4.69) is 35.6 Å². The molecule has 0 radical (unpaired) electrons. The number of carbonyl (C=O) groups excluding carboxylic acids is 1. The molecule has 1 amide bonds. The molecule has 2 aromatic rings. The van der Waals surface area contributed by atoms with E-state index in [0.29, 0.717) is 13.0 Å². The molecule has 1 aliphatic heterocycles. The van der Waals surface area contributed by atoms with Gasteiger partial charge in [-0.15, -0.1) is 0 Å². The fraction of sp³-hybridized carbons (Fsp3) is 0.500. The van der Waals surface area contributed by atoms with Crippen molar-refractivity contribution in [2.45, 2.75) is 52.6 Å². The molecular formula is C20H27N3O2. The summed E-state index contributed by atoms with van der Waals surface area (Å²) in [5, 5.41) is 7.53. The van der Waals surface area contributed by atoms with Crippen LogP contribution in [-0.2, 0) is 17.8 Å². The number of hydrogen-bond acceptors (Lipinski definition) is 4. The van der Waals surface area contributed by atoms with Crippen LogP contribution in [0.1, 0.15) is 54.0 Å². The first-order chi connectivity index (χ1) is 12.1. The number of aryl methyl sites for hydroxylation is 2. The SMILES string of the molecule is CCC(NCCC(=O)N1CCc2ccccc2C1)c1c(C)noc1C. The Balaban J connectivity index is 1.53. The highest BCUT2D eigenvalue weighted by molar-refractivity contribution is 5.76. The van der Waals surface area contributed by atoms with Gasteiger partial charge in [0, 0.05) is 37.7 Å². The van der Waals surface area contributed by atoms with Crippen molar-refractivity contribution in [3.05, 3.63) is 52.4 Å². The molecule has 2 heterocycles. The second-order valence-corrected chi connectivity index (χ2v) is 6.74. The van der Waals surface area contributed by atoms with Crippen LogP contribution in [0.15, 0.2) is 28.8 Å².